The number of hydrogen-bond acceptors (Lipinski definition) is 3. The summed E-state index contributed by atoms with van der Waals surface area (Å²) in [7, 11) is -3.34. The van der Waals surface area contributed by atoms with Gasteiger partial charge in [-0.3, -0.25) is 9.52 Å². The SMILES string of the molecule is CCS(=O)(=O)Nc1ccc2c(c1)N(C(=O)c1ccccc1)CCC2. The lowest BCUT2D eigenvalue weighted by atomic mass is 10.00. The number of nitrogens with one attached hydrogen (secondary N) is 1. The van der Waals surface area contributed by atoms with Gasteiger partial charge in [-0.25, -0.2) is 8.42 Å². The largest absolute Gasteiger partial charge is 0.308 e. The maximum atomic E-state index is 12.8. The lowest BCUT2D eigenvalue weighted by Crippen LogP contribution is -2.35. The quantitative estimate of drug-likeness (QED) is 0.927. The fourth-order valence-corrected chi connectivity index (χ4v) is 3.47. The van der Waals surface area contributed by atoms with Crippen LogP contribution in [0, 0.1) is 0 Å². The van der Waals surface area contributed by atoms with Crippen molar-refractivity contribution < 1.29 is 13.2 Å². The zero-order chi connectivity index (χ0) is 17.2. The Hall–Kier alpha value is -2.34. The molecule has 0 saturated carbocycles. The van der Waals surface area contributed by atoms with Crippen molar-refractivity contribution in [1.82, 2.24) is 0 Å². The van der Waals surface area contributed by atoms with Crippen molar-refractivity contribution in [3.05, 3.63) is 59.7 Å². The van der Waals surface area contributed by atoms with Gasteiger partial charge in [0.1, 0.15) is 0 Å². The third-order valence-corrected chi connectivity index (χ3v) is 5.43. The number of benzene rings is 2. The minimum atomic E-state index is -3.34. The molecule has 126 valence electrons. The van der Waals surface area contributed by atoms with E-state index < -0.39 is 10.0 Å². The van der Waals surface area contributed by atoms with E-state index >= 15 is 0 Å². The van der Waals surface area contributed by atoms with Crippen LogP contribution in [0.25, 0.3) is 0 Å². The highest BCUT2D eigenvalue weighted by atomic mass is 32.2. The van der Waals surface area contributed by atoms with Gasteiger partial charge in [-0.15, -0.1) is 0 Å². The molecule has 0 aliphatic carbocycles. The molecule has 0 spiro atoms. The summed E-state index contributed by atoms with van der Waals surface area (Å²) >= 11 is 0. The number of amides is 1. The second-order valence-corrected chi connectivity index (χ2v) is 7.79. The molecule has 0 atom stereocenters. The van der Waals surface area contributed by atoms with Crippen LogP contribution in [0.4, 0.5) is 11.4 Å². The molecule has 1 heterocycles. The van der Waals surface area contributed by atoms with Gasteiger partial charge >= 0.3 is 0 Å². The molecule has 2 aromatic rings. The highest BCUT2D eigenvalue weighted by Crippen LogP contribution is 2.31. The fourth-order valence-electron chi connectivity index (χ4n) is 2.84. The molecule has 1 aliphatic heterocycles. The molecule has 3 rings (SSSR count). The first-order chi connectivity index (χ1) is 11.5. The molecule has 0 bridgehead atoms. The maximum Gasteiger partial charge on any atom is 0.258 e. The molecule has 0 fully saturated rings. The van der Waals surface area contributed by atoms with Crippen molar-refractivity contribution in [2.75, 3.05) is 21.9 Å². The predicted octanol–water partition coefficient (Wildman–Crippen LogP) is 3.04. The van der Waals surface area contributed by atoms with E-state index in [0.29, 0.717) is 17.8 Å². The van der Waals surface area contributed by atoms with Gasteiger partial charge in [0.15, 0.2) is 0 Å². The van der Waals surface area contributed by atoms with E-state index in [9.17, 15) is 13.2 Å². The molecule has 0 unspecified atom stereocenters. The topological polar surface area (TPSA) is 66.5 Å². The average Bonchev–Trinajstić information content (AvgIpc) is 2.61. The second-order valence-electron chi connectivity index (χ2n) is 5.78. The molecule has 5 nitrogen and oxygen atoms in total. The van der Waals surface area contributed by atoms with Crippen LogP contribution in [0.5, 0.6) is 0 Å². The fraction of sp³-hybridized carbons (Fsp3) is 0.278. The van der Waals surface area contributed by atoms with Crippen LogP contribution in [0.1, 0.15) is 29.3 Å². The van der Waals surface area contributed by atoms with E-state index in [0.717, 1.165) is 24.1 Å². The van der Waals surface area contributed by atoms with Crippen LogP contribution in [-0.4, -0.2) is 26.6 Å². The highest BCUT2D eigenvalue weighted by Gasteiger charge is 2.24. The zero-order valence-corrected chi connectivity index (χ0v) is 14.3. The number of fused-ring (bicyclic) bond motifs is 1. The van der Waals surface area contributed by atoms with Crippen molar-refractivity contribution in [2.24, 2.45) is 0 Å². The lowest BCUT2D eigenvalue weighted by Gasteiger charge is -2.30. The average molecular weight is 344 g/mol. The minimum absolute atomic E-state index is 0.0107. The highest BCUT2D eigenvalue weighted by molar-refractivity contribution is 7.92. The molecule has 1 amide bonds. The Bertz CT molecular complexity index is 848. The van der Waals surface area contributed by atoms with Crippen LogP contribution in [0.2, 0.25) is 0 Å². The molecular weight excluding hydrogens is 324 g/mol. The van der Waals surface area contributed by atoms with Gasteiger partial charge in [0, 0.05) is 17.8 Å². The van der Waals surface area contributed by atoms with Gasteiger partial charge in [-0.05, 0) is 49.6 Å². The summed E-state index contributed by atoms with van der Waals surface area (Å²) in [5, 5.41) is 0. The van der Waals surface area contributed by atoms with Gasteiger partial charge in [0.25, 0.3) is 5.91 Å². The smallest absolute Gasteiger partial charge is 0.258 e. The standard InChI is InChI=1S/C18H20N2O3S/c1-2-24(22,23)19-16-11-10-14-9-6-12-20(17(14)13-16)18(21)15-7-4-3-5-8-15/h3-5,7-8,10-11,13,19H,2,6,9,12H2,1H3. The van der Waals surface area contributed by atoms with Crippen molar-refractivity contribution >= 4 is 27.3 Å². The molecule has 6 heteroatoms. The van der Waals surface area contributed by atoms with Gasteiger partial charge in [-0.2, -0.15) is 0 Å². The van der Waals surface area contributed by atoms with E-state index in [1.165, 1.54) is 0 Å². The summed E-state index contributed by atoms with van der Waals surface area (Å²) in [6.45, 7) is 2.22. The normalized spacial score (nSPS) is 14.1. The summed E-state index contributed by atoms with van der Waals surface area (Å²) in [5.41, 5.74) is 2.96. The Morgan fingerprint density at radius 2 is 1.92 bits per heavy atom. The number of carbonyl (C=O) groups is 1. The van der Waals surface area contributed by atoms with E-state index in [1.807, 2.05) is 24.3 Å². The van der Waals surface area contributed by atoms with Crippen LogP contribution in [-0.2, 0) is 16.4 Å². The summed E-state index contributed by atoms with van der Waals surface area (Å²) in [5.74, 6) is -0.0523. The number of carbonyl (C=O) groups excluding carboxylic acids is 1. The molecular formula is C18H20N2O3S. The first kappa shape index (κ1) is 16.5. The number of rotatable bonds is 4. The Labute approximate surface area is 142 Å². The summed E-state index contributed by atoms with van der Waals surface area (Å²) < 4.78 is 26.1. The maximum absolute atomic E-state index is 12.8. The van der Waals surface area contributed by atoms with Crippen molar-refractivity contribution in [3.63, 3.8) is 0 Å². The van der Waals surface area contributed by atoms with Gasteiger partial charge in [0.05, 0.1) is 11.4 Å². The Kier molecular flexibility index (Phi) is 4.57. The molecule has 1 aliphatic rings. The van der Waals surface area contributed by atoms with E-state index in [-0.39, 0.29) is 11.7 Å². The van der Waals surface area contributed by atoms with E-state index in [2.05, 4.69) is 4.72 Å². The molecule has 0 aromatic heterocycles. The Balaban J connectivity index is 1.95. The number of sulfonamides is 1. The van der Waals surface area contributed by atoms with Gasteiger partial charge < -0.3 is 4.90 Å². The number of hydrogen-bond donors (Lipinski definition) is 1. The van der Waals surface area contributed by atoms with E-state index in [4.69, 9.17) is 0 Å². The predicted molar refractivity (Wildman–Crippen MR) is 96.0 cm³/mol. The number of anilines is 2. The van der Waals surface area contributed by atoms with Gasteiger partial charge in [0.2, 0.25) is 10.0 Å². The van der Waals surface area contributed by atoms with Crippen LogP contribution < -0.4 is 9.62 Å². The monoisotopic (exact) mass is 344 g/mol. The Morgan fingerprint density at radius 3 is 2.62 bits per heavy atom. The van der Waals surface area contributed by atoms with Crippen LogP contribution in [0.15, 0.2) is 48.5 Å². The zero-order valence-electron chi connectivity index (χ0n) is 13.5. The Morgan fingerprint density at radius 1 is 1.17 bits per heavy atom. The first-order valence-corrected chi connectivity index (χ1v) is 9.66. The molecule has 1 N–H and O–H groups in total. The minimum Gasteiger partial charge on any atom is -0.308 e. The third-order valence-electron chi connectivity index (χ3n) is 4.12. The summed E-state index contributed by atoms with van der Waals surface area (Å²) in [6, 6.07) is 14.5. The molecule has 2 aromatic carbocycles. The van der Waals surface area contributed by atoms with Crippen LogP contribution in [0.3, 0.4) is 0 Å². The van der Waals surface area contributed by atoms with Crippen LogP contribution >= 0.6 is 0 Å². The molecule has 24 heavy (non-hydrogen) atoms. The van der Waals surface area contributed by atoms with Crippen molar-refractivity contribution in [1.29, 1.82) is 0 Å². The number of nitrogens with zero attached hydrogens (tertiary/aromatic N) is 1. The summed E-state index contributed by atoms with van der Waals surface area (Å²) in [6.07, 6.45) is 1.78. The molecule has 0 saturated heterocycles. The van der Waals surface area contributed by atoms with Crippen molar-refractivity contribution in [3.8, 4) is 0 Å². The van der Waals surface area contributed by atoms with E-state index in [1.54, 1.807) is 36.1 Å². The summed E-state index contributed by atoms with van der Waals surface area (Å²) in [4.78, 5) is 14.5. The second kappa shape index (κ2) is 6.65. The van der Waals surface area contributed by atoms with Crippen molar-refractivity contribution in [2.45, 2.75) is 19.8 Å². The first-order valence-electron chi connectivity index (χ1n) is 8.00. The number of aryl methyl sites for hydroxylation is 1. The molecule has 0 radical (unpaired) electrons. The lowest BCUT2D eigenvalue weighted by molar-refractivity contribution is 0.0985. The van der Waals surface area contributed by atoms with Gasteiger partial charge in [-0.1, -0.05) is 24.3 Å². The third kappa shape index (κ3) is 3.43.